The molecule has 3 rings (SSSR count). The maximum absolute atomic E-state index is 11.5. The van der Waals surface area contributed by atoms with Crippen LogP contribution in [0.15, 0.2) is 0 Å². The molecule has 75 valence electrons. The molecular formula is C10H11O4. The van der Waals surface area contributed by atoms with Crippen molar-refractivity contribution >= 4 is 11.9 Å². The fourth-order valence-electron chi connectivity index (χ4n) is 3.18. The normalized spacial score (nSPS) is 48.1. The molecule has 1 aliphatic heterocycles. The van der Waals surface area contributed by atoms with Crippen molar-refractivity contribution in [1.82, 2.24) is 0 Å². The maximum Gasteiger partial charge on any atom is 0.310 e. The number of carbonyl (C=O) groups excluding carboxylic acids is 2. The zero-order valence-corrected chi connectivity index (χ0v) is 7.80. The highest BCUT2D eigenvalue weighted by atomic mass is 16.6. The molecule has 5 atom stereocenters. The average molecular weight is 195 g/mol. The summed E-state index contributed by atoms with van der Waals surface area (Å²) in [6, 6.07) is 0. The van der Waals surface area contributed by atoms with E-state index in [1.807, 2.05) is 6.42 Å². The molecule has 3 aliphatic rings. The van der Waals surface area contributed by atoms with Gasteiger partial charge in [-0.2, -0.15) is 0 Å². The van der Waals surface area contributed by atoms with Crippen molar-refractivity contribution in [2.24, 2.45) is 23.7 Å². The van der Waals surface area contributed by atoms with Gasteiger partial charge in [-0.1, -0.05) is 0 Å². The van der Waals surface area contributed by atoms with Gasteiger partial charge in [0.05, 0.1) is 18.9 Å². The first-order valence-electron chi connectivity index (χ1n) is 4.85. The lowest BCUT2D eigenvalue weighted by atomic mass is 9.80. The summed E-state index contributed by atoms with van der Waals surface area (Å²) in [5.74, 6) is -0.577. The van der Waals surface area contributed by atoms with Crippen molar-refractivity contribution in [3.63, 3.8) is 0 Å². The van der Waals surface area contributed by atoms with Gasteiger partial charge in [0.1, 0.15) is 6.10 Å². The summed E-state index contributed by atoms with van der Waals surface area (Å²) in [7, 11) is 1.37. The van der Waals surface area contributed by atoms with E-state index in [0.29, 0.717) is 0 Å². The molecule has 0 aromatic carbocycles. The van der Waals surface area contributed by atoms with Crippen LogP contribution in [-0.2, 0) is 19.1 Å². The van der Waals surface area contributed by atoms with Crippen molar-refractivity contribution in [2.45, 2.75) is 12.5 Å². The topological polar surface area (TPSA) is 52.6 Å². The summed E-state index contributed by atoms with van der Waals surface area (Å²) >= 11 is 0. The van der Waals surface area contributed by atoms with Crippen LogP contribution in [0.3, 0.4) is 0 Å². The smallest absolute Gasteiger partial charge is 0.310 e. The van der Waals surface area contributed by atoms with E-state index in [4.69, 9.17) is 9.47 Å². The van der Waals surface area contributed by atoms with Crippen molar-refractivity contribution in [3.05, 3.63) is 6.42 Å². The zero-order chi connectivity index (χ0) is 9.87. The summed E-state index contributed by atoms with van der Waals surface area (Å²) in [5, 5.41) is 0. The number of hydrogen-bond acceptors (Lipinski definition) is 4. The van der Waals surface area contributed by atoms with E-state index in [-0.39, 0.29) is 41.7 Å². The Morgan fingerprint density at radius 2 is 2.43 bits per heavy atom. The highest BCUT2D eigenvalue weighted by molar-refractivity contribution is 5.86. The number of rotatable bonds is 1. The van der Waals surface area contributed by atoms with Gasteiger partial charge in [-0.05, 0) is 12.3 Å². The highest BCUT2D eigenvalue weighted by Gasteiger charge is 2.64. The van der Waals surface area contributed by atoms with E-state index in [1.54, 1.807) is 0 Å². The molecular weight excluding hydrogens is 184 g/mol. The summed E-state index contributed by atoms with van der Waals surface area (Å²) in [5.41, 5.74) is 0. The Kier molecular flexibility index (Phi) is 1.47. The minimum Gasteiger partial charge on any atom is -0.469 e. The third kappa shape index (κ3) is 0.792. The fraction of sp³-hybridized carbons (Fsp3) is 0.700. The zero-order valence-electron chi connectivity index (χ0n) is 7.80. The van der Waals surface area contributed by atoms with Gasteiger partial charge in [0.15, 0.2) is 0 Å². The Bertz CT molecular complexity index is 309. The van der Waals surface area contributed by atoms with Crippen molar-refractivity contribution in [2.75, 3.05) is 7.11 Å². The van der Waals surface area contributed by atoms with Gasteiger partial charge in [-0.15, -0.1) is 0 Å². The standard InChI is InChI=1S/C10H11O4/c1-13-9(11)7-4-2-5-6(3-4)14-10(12)8(5)7/h3-8H,2H2,1H3. The van der Waals surface area contributed by atoms with Crippen LogP contribution >= 0.6 is 0 Å². The summed E-state index contributed by atoms with van der Waals surface area (Å²) < 4.78 is 9.88. The molecule has 3 fully saturated rings. The number of ether oxygens (including phenoxy) is 2. The minimum atomic E-state index is -0.281. The molecule has 0 spiro atoms. The van der Waals surface area contributed by atoms with E-state index in [2.05, 4.69) is 0 Å². The molecule has 2 bridgehead atoms. The summed E-state index contributed by atoms with van der Waals surface area (Å²) in [6.45, 7) is 0. The first-order valence-corrected chi connectivity index (χ1v) is 4.85. The van der Waals surface area contributed by atoms with Crippen LogP contribution < -0.4 is 0 Å². The predicted molar refractivity (Wildman–Crippen MR) is 44.8 cm³/mol. The Morgan fingerprint density at radius 3 is 3.14 bits per heavy atom. The number of esters is 2. The quantitative estimate of drug-likeness (QED) is 0.560. The molecule has 1 saturated heterocycles. The SMILES string of the molecule is COC(=O)C1C2[CH]C3OC(=O)C1C3C2. The van der Waals surface area contributed by atoms with Crippen LogP contribution in [-0.4, -0.2) is 25.2 Å². The third-order valence-electron chi connectivity index (χ3n) is 3.71. The molecule has 0 amide bonds. The predicted octanol–water partition coefficient (Wildman–Crippen LogP) is 0.171. The van der Waals surface area contributed by atoms with Gasteiger partial charge in [0, 0.05) is 12.3 Å². The van der Waals surface area contributed by atoms with E-state index < -0.39 is 0 Å². The first kappa shape index (κ1) is 8.26. The Morgan fingerprint density at radius 1 is 1.64 bits per heavy atom. The molecule has 2 saturated carbocycles. The molecule has 5 unspecified atom stereocenters. The molecule has 1 radical (unpaired) electrons. The van der Waals surface area contributed by atoms with Crippen LogP contribution in [0.25, 0.3) is 0 Å². The van der Waals surface area contributed by atoms with Gasteiger partial charge >= 0.3 is 11.9 Å². The van der Waals surface area contributed by atoms with Gasteiger partial charge in [0.25, 0.3) is 0 Å². The second-order valence-electron chi connectivity index (χ2n) is 4.23. The highest BCUT2D eigenvalue weighted by Crippen LogP contribution is 2.57. The van der Waals surface area contributed by atoms with E-state index >= 15 is 0 Å². The monoisotopic (exact) mass is 195 g/mol. The average Bonchev–Trinajstić information content (AvgIpc) is 2.75. The van der Waals surface area contributed by atoms with Crippen LogP contribution in [0.5, 0.6) is 0 Å². The fourth-order valence-corrected chi connectivity index (χ4v) is 3.18. The molecule has 0 aromatic heterocycles. The third-order valence-corrected chi connectivity index (χ3v) is 3.71. The molecule has 0 N–H and O–H groups in total. The second-order valence-corrected chi connectivity index (χ2v) is 4.23. The number of carbonyl (C=O) groups is 2. The number of methoxy groups -OCH3 is 1. The Labute approximate surface area is 81.6 Å². The van der Waals surface area contributed by atoms with Crippen molar-refractivity contribution in [1.29, 1.82) is 0 Å². The molecule has 4 heteroatoms. The number of hydrogen-bond donors (Lipinski definition) is 0. The van der Waals surface area contributed by atoms with Crippen molar-refractivity contribution < 1.29 is 19.1 Å². The lowest BCUT2D eigenvalue weighted by molar-refractivity contribution is -0.153. The molecule has 0 aromatic rings. The van der Waals surface area contributed by atoms with Gasteiger partial charge in [-0.25, -0.2) is 0 Å². The molecule has 2 aliphatic carbocycles. The van der Waals surface area contributed by atoms with Crippen LogP contribution in [0.4, 0.5) is 0 Å². The second kappa shape index (κ2) is 2.49. The maximum atomic E-state index is 11.5. The van der Waals surface area contributed by atoms with Gasteiger partial charge in [-0.3, -0.25) is 9.59 Å². The van der Waals surface area contributed by atoms with E-state index in [0.717, 1.165) is 6.42 Å². The Hall–Kier alpha value is -1.06. The van der Waals surface area contributed by atoms with E-state index in [9.17, 15) is 9.59 Å². The molecule has 1 heterocycles. The van der Waals surface area contributed by atoms with Crippen molar-refractivity contribution in [3.8, 4) is 0 Å². The number of fused-ring (bicyclic) bond motifs is 1. The van der Waals surface area contributed by atoms with E-state index in [1.165, 1.54) is 7.11 Å². The summed E-state index contributed by atoms with van der Waals surface area (Å²) in [6.07, 6.45) is 2.87. The van der Waals surface area contributed by atoms with Gasteiger partial charge < -0.3 is 9.47 Å². The lowest BCUT2D eigenvalue weighted by Gasteiger charge is -2.21. The molecule has 4 nitrogen and oxygen atoms in total. The molecule has 14 heavy (non-hydrogen) atoms. The van der Waals surface area contributed by atoms with Crippen LogP contribution in [0, 0.1) is 30.1 Å². The Balaban J connectivity index is 1.95. The minimum absolute atomic E-state index is 0.0293. The van der Waals surface area contributed by atoms with Crippen LogP contribution in [0.2, 0.25) is 0 Å². The largest absolute Gasteiger partial charge is 0.469 e. The lowest BCUT2D eigenvalue weighted by Crippen LogP contribution is -2.33. The summed E-state index contributed by atoms with van der Waals surface area (Å²) in [4.78, 5) is 23.0. The first-order chi connectivity index (χ1) is 6.72. The van der Waals surface area contributed by atoms with Crippen LogP contribution in [0.1, 0.15) is 6.42 Å². The van der Waals surface area contributed by atoms with Gasteiger partial charge in [0.2, 0.25) is 0 Å².